The summed E-state index contributed by atoms with van der Waals surface area (Å²) in [5.74, 6) is 1.96. The van der Waals surface area contributed by atoms with E-state index in [9.17, 15) is 9.59 Å². The molecule has 0 N–H and O–H groups in total. The van der Waals surface area contributed by atoms with Gasteiger partial charge in [0.25, 0.3) is 5.91 Å². The molecule has 9 nitrogen and oxygen atoms in total. The number of carbonyl (C=O) groups is 2. The van der Waals surface area contributed by atoms with Crippen molar-refractivity contribution in [1.29, 1.82) is 0 Å². The summed E-state index contributed by atoms with van der Waals surface area (Å²) in [6, 6.07) is 6.20. The monoisotopic (exact) mass is 487 g/mol. The molecule has 1 aromatic carbocycles. The number of amides is 2. The van der Waals surface area contributed by atoms with Crippen molar-refractivity contribution < 1.29 is 28.5 Å². The number of hydrogen-bond donors (Lipinski definition) is 0. The second kappa shape index (κ2) is 10.1. The van der Waals surface area contributed by atoms with E-state index in [-0.39, 0.29) is 12.0 Å². The van der Waals surface area contributed by atoms with Crippen molar-refractivity contribution in [2.75, 3.05) is 59.2 Å². The lowest BCUT2D eigenvalue weighted by atomic mass is 10.1. The van der Waals surface area contributed by atoms with Crippen molar-refractivity contribution in [3.05, 3.63) is 39.6 Å². The van der Waals surface area contributed by atoms with E-state index in [2.05, 4.69) is 17.0 Å². The summed E-state index contributed by atoms with van der Waals surface area (Å²) in [7, 11) is 0. The molecule has 10 heteroatoms. The summed E-state index contributed by atoms with van der Waals surface area (Å²) in [6.07, 6.45) is -0.238. The first-order valence-electron chi connectivity index (χ1n) is 11.7. The van der Waals surface area contributed by atoms with Crippen LogP contribution in [0.1, 0.15) is 27.7 Å². The number of ether oxygens (including phenoxy) is 4. The Bertz CT molecular complexity index is 1050. The van der Waals surface area contributed by atoms with E-state index < -0.39 is 0 Å². The van der Waals surface area contributed by atoms with Gasteiger partial charge in [0, 0.05) is 50.2 Å². The number of fused-ring (bicyclic) bond motifs is 2. The van der Waals surface area contributed by atoms with Gasteiger partial charge in [-0.2, -0.15) is 0 Å². The fraction of sp³-hybridized carbons (Fsp3) is 0.500. The first-order valence-corrected chi connectivity index (χ1v) is 12.6. The summed E-state index contributed by atoms with van der Waals surface area (Å²) in [5.41, 5.74) is 2.16. The molecule has 0 atom stereocenters. The predicted octanol–water partition coefficient (Wildman–Crippen LogP) is 2.83. The van der Waals surface area contributed by atoms with Crippen molar-refractivity contribution in [2.45, 2.75) is 20.0 Å². The van der Waals surface area contributed by atoms with E-state index in [0.29, 0.717) is 69.0 Å². The van der Waals surface area contributed by atoms with Gasteiger partial charge < -0.3 is 28.7 Å². The van der Waals surface area contributed by atoms with Crippen LogP contribution in [0.2, 0.25) is 0 Å². The first kappa shape index (κ1) is 22.8. The number of piperazine rings is 1. The maximum atomic E-state index is 13.3. The Balaban J connectivity index is 1.25. The standard InChI is InChI=1S/C24H29N3O6S/c1-2-30-24(29)26-7-5-25(6-8-26)14-17-3-4-19-18(13-17)15-27(9-10-31-19)23(28)22-21-20(16-34-22)32-11-12-33-21/h3-4,13,16H,2,5-12,14-15H2,1H3. The second-order valence-corrected chi connectivity index (χ2v) is 9.31. The highest BCUT2D eigenvalue weighted by molar-refractivity contribution is 7.12. The molecule has 1 aromatic heterocycles. The van der Waals surface area contributed by atoms with Crippen molar-refractivity contribution in [3.63, 3.8) is 0 Å². The molecule has 3 aliphatic rings. The molecule has 2 aromatic rings. The minimum absolute atomic E-state index is 0.0614. The van der Waals surface area contributed by atoms with Crippen LogP contribution < -0.4 is 14.2 Å². The first-order chi connectivity index (χ1) is 16.6. The van der Waals surface area contributed by atoms with E-state index in [0.717, 1.165) is 36.5 Å². The van der Waals surface area contributed by atoms with E-state index in [4.69, 9.17) is 18.9 Å². The van der Waals surface area contributed by atoms with Gasteiger partial charge in [0.05, 0.1) is 13.2 Å². The number of thiophene rings is 1. The normalized spacial score (nSPS) is 18.0. The van der Waals surface area contributed by atoms with Crippen LogP contribution in [0.25, 0.3) is 0 Å². The topological polar surface area (TPSA) is 80.8 Å². The Hall–Kier alpha value is -2.98. The van der Waals surface area contributed by atoms with Crippen LogP contribution in [0.5, 0.6) is 17.2 Å². The van der Waals surface area contributed by atoms with E-state index >= 15 is 0 Å². The van der Waals surface area contributed by atoms with Crippen LogP contribution in [-0.4, -0.2) is 85.9 Å². The summed E-state index contributed by atoms with van der Waals surface area (Å²) in [5, 5.41) is 1.84. The molecule has 5 rings (SSSR count). The van der Waals surface area contributed by atoms with Crippen molar-refractivity contribution >= 4 is 23.3 Å². The largest absolute Gasteiger partial charge is 0.491 e. The van der Waals surface area contributed by atoms with Gasteiger partial charge in [-0.1, -0.05) is 6.07 Å². The molecular weight excluding hydrogens is 458 g/mol. The van der Waals surface area contributed by atoms with Crippen molar-refractivity contribution in [1.82, 2.24) is 14.7 Å². The third-order valence-electron chi connectivity index (χ3n) is 6.19. The summed E-state index contributed by atoms with van der Waals surface area (Å²) >= 11 is 1.36. The van der Waals surface area contributed by atoms with Gasteiger partial charge in [0.15, 0.2) is 11.5 Å². The van der Waals surface area contributed by atoms with E-state index in [1.807, 2.05) is 23.3 Å². The number of benzene rings is 1. The smallest absolute Gasteiger partial charge is 0.409 e. The molecule has 0 spiro atoms. The molecule has 182 valence electrons. The Morgan fingerprint density at radius 3 is 2.59 bits per heavy atom. The molecule has 1 fully saturated rings. The lowest BCUT2D eigenvalue weighted by Crippen LogP contribution is -2.48. The van der Waals surface area contributed by atoms with Crippen LogP contribution in [0, 0.1) is 0 Å². The SMILES string of the molecule is CCOC(=O)N1CCN(Cc2ccc3c(c2)CN(C(=O)c2scc4c2OCCO4)CCO3)CC1. The van der Waals surface area contributed by atoms with Crippen LogP contribution in [0.3, 0.4) is 0 Å². The maximum Gasteiger partial charge on any atom is 0.409 e. The average Bonchev–Trinajstić information content (AvgIpc) is 3.17. The highest BCUT2D eigenvalue weighted by Gasteiger charge is 2.29. The molecule has 0 unspecified atom stereocenters. The molecule has 0 bridgehead atoms. The molecule has 4 heterocycles. The van der Waals surface area contributed by atoms with Crippen LogP contribution in [0.15, 0.2) is 23.6 Å². The fourth-order valence-electron chi connectivity index (χ4n) is 4.43. The molecule has 0 radical (unpaired) electrons. The lowest BCUT2D eigenvalue weighted by molar-refractivity contribution is 0.0728. The van der Waals surface area contributed by atoms with E-state index in [1.165, 1.54) is 11.3 Å². The maximum absolute atomic E-state index is 13.3. The van der Waals surface area contributed by atoms with Gasteiger partial charge in [0.1, 0.15) is 30.4 Å². The van der Waals surface area contributed by atoms with Crippen LogP contribution in [0.4, 0.5) is 4.79 Å². The second-order valence-electron chi connectivity index (χ2n) is 8.43. The zero-order valence-electron chi connectivity index (χ0n) is 19.3. The Kier molecular flexibility index (Phi) is 6.77. The minimum Gasteiger partial charge on any atom is -0.491 e. The zero-order chi connectivity index (χ0) is 23.5. The predicted molar refractivity (Wildman–Crippen MR) is 126 cm³/mol. The lowest BCUT2D eigenvalue weighted by Gasteiger charge is -2.34. The van der Waals surface area contributed by atoms with Gasteiger partial charge in [-0.3, -0.25) is 9.69 Å². The number of carbonyl (C=O) groups excluding carboxylic acids is 2. The van der Waals surface area contributed by atoms with Crippen LogP contribution in [-0.2, 0) is 17.8 Å². The molecule has 2 amide bonds. The Morgan fingerprint density at radius 2 is 1.76 bits per heavy atom. The van der Waals surface area contributed by atoms with Gasteiger partial charge in [-0.05, 0) is 24.6 Å². The summed E-state index contributed by atoms with van der Waals surface area (Å²) in [6.45, 7) is 8.28. The number of nitrogens with zero attached hydrogens (tertiary/aromatic N) is 3. The van der Waals surface area contributed by atoms with Crippen molar-refractivity contribution in [3.8, 4) is 17.2 Å². The number of hydrogen-bond acceptors (Lipinski definition) is 8. The molecule has 1 saturated heterocycles. The zero-order valence-corrected chi connectivity index (χ0v) is 20.1. The highest BCUT2D eigenvalue weighted by Crippen LogP contribution is 2.40. The highest BCUT2D eigenvalue weighted by atomic mass is 32.1. The van der Waals surface area contributed by atoms with Gasteiger partial charge >= 0.3 is 6.09 Å². The third kappa shape index (κ3) is 4.78. The Labute approximate surface area is 202 Å². The summed E-state index contributed by atoms with van der Waals surface area (Å²) < 4.78 is 22.4. The fourth-order valence-corrected chi connectivity index (χ4v) is 5.33. The van der Waals surface area contributed by atoms with Crippen LogP contribution >= 0.6 is 11.3 Å². The Morgan fingerprint density at radius 1 is 0.971 bits per heavy atom. The minimum atomic E-state index is -0.238. The van der Waals surface area contributed by atoms with Gasteiger partial charge in [-0.15, -0.1) is 11.3 Å². The molecular formula is C24H29N3O6S. The van der Waals surface area contributed by atoms with Gasteiger partial charge in [0.2, 0.25) is 0 Å². The molecule has 3 aliphatic heterocycles. The third-order valence-corrected chi connectivity index (χ3v) is 7.12. The molecule has 34 heavy (non-hydrogen) atoms. The molecule has 0 aliphatic carbocycles. The quantitative estimate of drug-likeness (QED) is 0.656. The van der Waals surface area contributed by atoms with Crippen molar-refractivity contribution in [2.24, 2.45) is 0 Å². The molecule has 0 saturated carbocycles. The summed E-state index contributed by atoms with van der Waals surface area (Å²) in [4.78, 5) is 31.7. The van der Waals surface area contributed by atoms with Gasteiger partial charge in [-0.25, -0.2) is 4.79 Å². The number of rotatable bonds is 4. The van der Waals surface area contributed by atoms with E-state index in [1.54, 1.807) is 4.90 Å². The average molecular weight is 488 g/mol.